The minimum Gasteiger partial charge on any atom is -0.385 e. The summed E-state index contributed by atoms with van der Waals surface area (Å²) < 4.78 is 0. The first-order valence-corrected chi connectivity index (χ1v) is 5.75. The molecule has 2 heterocycles. The van der Waals surface area contributed by atoms with E-state index in [0.717, 1.165) is 23.7 Å². The molecule has 1 aliphatic heterocycles. The summed E-state index contributed by atoms with van der Waals surface area (Å²) in [6.45, 7) is 0.969. The maximum absolute atomic E-state index is 5.99. The van der Waals surface area contributed by atoms with Crippen molar-refractivity contribution in [3.63, 3.8) is 0 Å². The standard InChI is InChI=1S/C12H12ClN3/c13-8-1-2-9-10(11-4-6-15-16-11)3-5-14-12(9)7-8/h1-2,4,6-7,10,14H,3,5H2,(H,15,16). The van der Waals surface area contributed by atoms with Gasteiger partial charge in [-0.2, -0.15) is 5.10 Å². The van der Waals surface area contributed by atoms with Crippen LogP contribution in [-0.4, -0.2) is 16.7 Å². The van der Waals surface area contributed by atoms with Crippen LogP contribution in [-0.2, 0) is 0 Å². The van der Waals surface area contributed by atoms with Crippen LogP contribution in [0.5, 0.6) is 0 Å². The van der Waals surface area contributed by atoms with Crippen molar-refractivity contribution in [1.82, 2.24) is 10.2 Å². The van der Waals surface area contributed by atoms with E-state index < -0.39 is 0 Å². The molecule has 1 atom stereocenters. The number of fused-ring (bicyclic) bond motifs is 1. The summed E-state index contributed by atoms with van der Waals surface area (Å²) in [6, 6.07) is 8.06. The Labute approximate surface area is 98.8 Å². The van der Waals surface area contributed by atoms with Gasteiger partial charge in [0.2, 0.25) is 0 Å². The summed E-state index contributed by atoms with van der Waals surface area (Å²) in [5.74, 6) is 0.399. The molecule has 1 unspecified atom stereocenters. The maximum Gasteiger partial charge on any atom is 0.0490 e. The van der Waals surface area contributed by atoms with E-state index in [0.29, 0.717) is 5.92 Å². The Bertz CT molecular complexity index is 493. The third-order valence-electron chi connectivity index (χ3n) is 3.04. The van der Waals surface area contributed by atoms with Crippen LogP contribution in [0.25, 0.3) is 0 Å². The predicted molar refractivity (Wildman–Crippen MR) is 65.0 cm³/mol. The summed E-state index contributed by atoms with van der Waals surface area (Å²) >= 11 is 5.99. The smallest absolute Gasteiger partial charge is 0.0490 e. The molecule has 3 nitrogen and oxygen atoms in total. The van der Waals surface area contributed by atoms with Gasteiger partial charge in [0.1, 0.15) is 0 Å². The summed E-state index contributed by atoms with van der Waals surface area (Å²) in [5.41, 5.74) is 3.60. The van der Waals surface area contributed by atoms with Crippen molar-refractivity contribution in [3.05, 3.63) is 46.7 Å². The lowest BCUT2D eigenvalue weighted by molar-refractivity contribution is 0.696. The number of hydrogen-bond acceptors (Lipinski definition) is 2. The predicted octanol–water partition coefficient (Wildman–Crippen LogP) is 3.01. The van der Waals surface area contributed by atoms with Crippen molar-refractivity contribution >= 4 is 17.3 Å². The Morgan fingerprint density at radius 1 is 1.31 bits per heavy atom. The second-order valence-electron chi connectivity index (χ2n) is 4.01. The second-order valence-corrected chi connectivity index (χ2v) is 4.45. The van der Waals surface area contributed by atoms with Crippen LogP contribution >= 0.6 is 11.6 Å². The molecule has 4 heteroatoms. The summed E-state index contributed by atoms with van der Waals surface area (Å²) in [6.07, 6.45) is 2.88. The average molecular weight is 234 g/mol. The monoisotopic (exact) mass is 233 g/mol. The normalized spacial score (nSPS) is 18.9. The zero-order chi connectivity index (χ0) is 11.0. The van der Waals surface area contributed by atoms with Gasteiger partial charge in [0, 0.05) is 35.1 Å². The largest absolute Gasteiger partial charge is 0.385 e. The molecule has 0 aliphatic carbocycles. The van der Waals surface area contributed by atoms with Crippen molar-refractivity contribution in [3.8, 4) is 0 Å². The lowest BCUT2D eigenvalue weighted by atomic mass is 9.88. The van der Waals surface area contributed by atoms with Gasteiger partial charge in [-0.25, -0.2) is 0 Å². The van der Waals surface area contributed by atoms with Crippen LogP contribution < -0.4 is 5.32 Å². The molecule has 16 heavy (non-hydrogen) atoms. The highest BCUT2D eigenvalue weighted by Gasteiger charge is 2.22. The van der Waals surface area contributed by atoms with Gasteiger partial charge in [-0.05, 0) is 30.2 Å². The van der Waals surface area contributed by atoms with E-state index in [1.165, 1.54) is 11.3 Å². The van der Waals surface area contributed by atoms with E-state index in [-0.39, 0.29) is 0 Å². The Kier molecular flexibility index (Phi) is 2.33. The highest BCUT2D eigenvalue weighted by atomic mass is 35.5. The molecule has 0 spiro atoms. The highest BCUT2D eigenvalue weighted by Crippen LogP contribution is 2.36. The van der Waals surface area contributed by atoms with Crippen molar-refractivity contribution in [2.75, 3.05) is 11.9 Å². The molecular weight excluding hydrogens is 222 g/mol. The number of rotatable bonds is 1. The Balaban J connectivity index is 2.06. The molecule has 0 radical (unpaired) electrons. The first kappa shape index (κ1) is 9.73. The summed E-state index contributed by atoms with van der Waals surface area (Å²) in [5, 5.41) is 11.2. The third kappa shape index (κ3) is 1.57. The molecule has 2 aromatic rings. The number of aromatic amines is 1. The maximum atomic E-state index is 5.99. The van der Waals surface area contributed by atoms with Crippen molar-refractivity contribution in [2.24, 2.45) is 0 Å². The number of hydrogen-bond donors (Lipinski definition) is 2. The van der Waals surface area contributed by atoms with Crippen LogP contribution in [0.15, 0.2) is 30.5 Å². The third-order valence-corrected chi connectivity index (χ3v) is 3.27. The molecular formula is C12H12ClN3. The molecule has 1 aliphatic rings. The Morgan fingerprint density at radius 3 is 3.06 bits per heavy atom. The van der Waals surface area contributed by atoms with Crippen molar-refractivity contribution in [1.29, 1.82) is 0 Å². The number of aromatic nitrogens is 2. The summed E-state index contributed by atoms with van der Waals surface area (Å²) in [7, 11) is 0. The molecule has 2 N–H and O–H groups in total. The van der Waals surface area contributed by atoms with Gasteiger partial charge >= 0.3 is 0 Å². The number of nitrogens with zero attached hydrogens (tertiary/aromatic N) is 1. The first-order valence-electron chi connectivity index (χ1n) is 5.37. The van der Waals surface area contributed by atoms with E-state index in [9.17, 15) is 0 Å². The van der Waals surface area contributed by atoms with Crippen LogP contribution in [0.3, 0.4) is 0 Å². The van der Waals surface area contributed by atoms with Gasteiger partial charge in [0.25, 0.3) is 0 Å². The molecule has 1 aromatic heterocycles. The fourth-order valence-electron chi connectivity index (χ4n) is 2.28. The van der Waals surface area contributed by atoms with Crippen LogP contribution in [0.1, 0.15) is 23.6 Å². The zero-order valence-electron chi connectivity index (χ0n) is 8.70. The van der Waals surface area contributed by atoms with Crippen molar-refractivity contribution in [2.45, 2.75) is 12.3 Å². The minimum atomic E-state index is 0.399. The van der Waals surface area contributed by atoms with Gasteiger partial charge in [0.05, 0.1) is 0 Å². The van der Waals surface area contributed by atoms with Crippen LogP contribution in [0, 0.1) is 0 Å². The van der Waals surface area contributed by atoms with Gasteiger partial charge in [0.15, 0.2) is 0 Å². The van der Waals surface area contributed by atoms with E-state index in [1.54, 1.807) is 6.20 Å². The summed E-state index contributed by atoms with van der Waals surface area (Å²) in [4.78, 5) is 0. The van der Waals surface area contributed by atoms with Crippen LogP contribution in [0.2, 0.25) is 5.02 Å². The number of halogens is 1. The molecule has 0 fully saturated rings. The fourth-order valence-corrected chi connectivity index (χ4v) is 2.45. The zero-order valence-corrected chi connectivity index (χ0v) is 9.46. The number of nitrogens with one attached hydrogen (secondary N) is 2. The fraction of sp³-hybridized carbons (Fsp3) is 0.250. The highest BCUT2D eigenvalue weighted by molar-refractivity contribution is 6.30. The molecule has 0 saturated heterocycles. The average Bonchev–Trinajstić information content (AvgIpc) is 2.81. The number of H-pyrrole nitrogens is 1. The molecule has 82 valence electrons. The van der Waals surface area contributed by atoms with Crippen molar-refractivity contribution < 1.29 is 0 Å². The Hall–Kier alpha value is -1.48. The molecule has 0 amide bonds. The van der Waals surface area contributed by atoms with Crippen LogP contribution in [0.4, 0.5) is 5.69 Å². The van der Waals surface area contributed by atoms with E-state index in [1.807, 2.05) is 18.2 Å². The van der Waals surface area contributed by atoms with E-state index in [4.69, 9.17) is 11.6 Å². The number of anilines is 1. The number of benzene rings is 1. The molecule has 3 rings (SSSR count). The van der Waals surface area contributed by atoms with E-state index >= 15 is 0 Å². The van der Waals surface area contributed by atoms with Gasteiger partial charge in [-0.3, -0.25) is 5.10 Å². The lowest BCUT2D eigenvalue weighted by Crippen LogP contribution is -2.17. The molecule has 0 bridgehead atoms. The van der Waals surface area contributed by atoms with E-state index in [2.05, 4.69) is 21.6 Å². The quantitative estimate of drug-likeness (QED) is 0.795. The molecule has 0 saturated carbocycles. The SMILES string of the molecule is Clc1ccc2c(c1)NCCC2c1ccn[nH]1. The van der Waals surface area contributed by atoms with Gasteiger partial charge in [-0.15, -0.1) is 0 Å². The Morgan fingerprint density at radius 2 is 2.25 bits per heavy atom. The van der Waals surface area contributed by atoms with Gasteiger partial charge in [-0.1, -0.05) is 17.7 Å². The molecule has 1 aromatic carbocycles. The second kappa shape index (κ2) is 3.83. The first-order chi connectivity index (χ1) is 7.84. The minimum absolute atomic E-state index is 0.399. The lowest BCUT2D eigenvalue weighted by Gasteiger charge is -2.26. The topological polar surface area (TPSA) is 40.7 Å². The van der Waals surface area contributed by atoms with Gasteiger partial charge < -0.3 is 5.32 Å².